The van der Waals surface area contributed by atoms with Crippen molar-refractivity contribution in [2.45, 2.75) is 17.7 Å². The van der Waals surface area contributed by atoms with Crippen molar-refractivity contribution >= 4 is 15.7 Å². The van der Waals surface area contributed by atoms with E-state index in [0.717, 1.165) is 18.2 Å². The van der Waals surface area contributed by atoms with E-state index in [4.69, 9.17) is 4.84 Å². The third kappa shape index (κ3) is 2.57. The van der Waals surface area contributed by atoms with Crippen LogP contribution in [0.2, 0.25) is 0 Å². The minimum Gasteiger partial charge on any atom is -0.284 e. The molecular formula is C10H11FN2O5S. The molecule has 0 radical (unpaired) electrons. The van der Waals surface area contributed by atoms with Crippen molar-refractivity contribution in [2.75, 3.05) is 13.2 Å². The van der Waals surface area contributed by atoms with Crippen LogP contribution in [0.3, 0.4) is 0 Å². The molecule has 1 saturated heterocycles. The summed E-state index contributed by atoms with van der Waals surface area (Å²) in [6.07, 6.45) is 1.29. The predicted octanol–water partition coefficient (Wildman–Crippen LogP) is 1.45. The van der Waals surface area contributed by atoms with E-state index < -0.39 is 31.3 Å². The van der Waals surface area contributed by atoms with Crippen LogP contribution < -0.4 is 0 Å². The molecule has 1 aromatic carbocycles. The monoisotopic (exact) mass is 290 g/mol. The van der Waals surface area contributed by atoms with Crippen LogP contribution in [0.1, 0.15) is 12.8 Å². The third-order valence-corrected chi connectivity index (χ3v) is 4.36. The highest BCUT2D eigenvalue weighted by atomic mass is 32.2. The van der Waals surface area contributed by atoms with Gasteiger partial charge in [0.1, 0.15) is 0 Å². The second-order valence-electron chi connectivity index (χ2n) is 3.92. The highest BCUT2D eigenvalue weighted by Crippen LogP contribution is 2.30. The highest BCUT2D eigenvalue weighted by Gasteiger charge is 2.35. The van der Waals surface area contributed by atoms with Gasteiger partial charge in [-0.15, -0.1) is 0 Å². The van der Waals surface area contributed by atoms with Gasteiger partial charge in [0.25, 0.3) is 10.0 Å². The molecule has 19 heavy (non-hydrogen) atoms. The lowest BCUT2D eigenvalue weighted by atomic mass is 10.3. The van der Waals surface area contributed by atoms with E-state index in [-0.39, 0.29) is 13.2 Å². The quantitative estimate of drug-likeness (QED) is 0.621. The molecule has 0 atom stereocenters. The van der Waals surface area contributed by atoms with Gasteiger partial charge in [-0.25, -0.2) is 8.42 Å². The topological polar surface area (TPSA) is 89.8 Å². The molecule has 1 heterocycles. The van der Waals surface area contributed by atoms with Crippen molar-refractivity contribution in [3.8, 4) is 0 Å². The summed E-state index contributed by atoms with van der Waals surface area (Å²) in [4.78, 5) is 14.0. The third-order valence-electron chi connectivity index (χ3n) is 2.65. The van der Waals surface area contributed by atoms with Gasteiger partial charge >= 0.3 is 5.69 Å². The van der Waals surface area contributed by atoms with Gasteiger partial charge in [0, 0.05) is 6.54 Å². The Morgan fingerprint density at radius 3 is 2.68 bits per heavy atom. The second kappa shape index (κ2) is 5.19. The first-order chi connectivity index (χ1) is 8.94. The molecule has 1 aliphatic rings. The molecule has 1 aliphatic heterocycles. The van der Waals surface area contributed by atoms with Gasteiger partial charge in [0.15, 0.2) is 4.90 Å². The average Bonchev–Trinajstić information content (AvgIpc) is 2.39. The first-order valence-corrected chi connectivity index (χ1v) is 6.97. The average molecular weight is 290 g/mol. The molecule has 0 amide bonds. The maximum atomic E-state index is 13.4. The van der Waals surface area contributed by atoms with Crippen LogP contribution in [0.5, 0.6) is 0 Å². The number of hydrogen-bond acceptors (Lipinski definition) is 5. The van der Waals surface area contributed by atoms with Gasteiger partial charge in [-0.2, -0.15) is 4.39 Å². The molecule has 0 spiro atoms. The second-order valence-corrected chi connectivity index (χ2v) is 5.71. The van der Waals surface area contributed by atoms with Crippen LogP contribution in [-0.2, 0) is 14.9 Å². The molecule has 104 valence electrons. The number of hydrogen-bond donors (Lipinski definition) is 0. The minimum atomic E-state index is -4.23. The van der Waals surface area contributed by atoms with Crippen LogP contribution in [-0.4, -0.2) is 31.0 Å². The fraction of sp³-hybridized carbons (Fsp3) is 0.400. The van der Waals surface area contributed by atoms with E-state index >= 15 is 0 Å². The van der Waals surface area contributed by atoms with Gasteiger partial charge in [-0.3, -0.25) is 15.0 Å². The molecule has 0 N–H and O–H groups in total. The van der Waals surface area contributed by atoms with E-state index in [2.05, 4.69) is 0 Å². The summed E-state index contributed by atoms with van der Waals surface area (Å²) >= 11 is 0. The fourth-order valence-corrected chi connectivity index (χ4v) is 3.22. The van der Waals surface area contributed by atoms with E-state index in [1.54, 1.807) is 0 Å². The fourth-order valence-electron chi connectivity index (χ4n) is 1.75. The van der Waals surface area contributed by atoms with Crippen molar-refractivity contribution in [1.82, 2.24) is 4.47 Å². The Morgan fingerprint density at radius 2 is 2.11 bits per heavy atom. The number of nitro benzene ring substituents is 1. The Balaban J connectivity index is 2.51. The molecule has 1 aromatic rings. The number of nitro groups is 1. The lowest BCUT2D eigenvalue weighted by molar-refractivity contribution is -0.390. The summed E-state index contributed by atoms with van der Waals surface area (Å²) < 4.78 is 38.5. The summed E-state index contributed by atoms with van der Waals surface area (Å²) in [5.41, 5.74) is -1.06. The van der Waals surface area contributed by atoms with Crippen LogP contribution in [0.25, 0.3) is 0 Å². The zero-order chi connectivity index (χ0) is 14.0. The number of rotatable bonds is 3. The molecule has 0 aromatic heterocycles. The Morgan fingerprint density at radius 1 is 1.37 bits per heavy atom. The number of sulfonamides is 1. The Labute approximate surface area is 108 Å². The van der Waals surface area contributed by atoms with Crippen molar-refractivity contribution < 1.29 is 22.6 Å². The van der Waals surface area contributed by atoms with E-state index in [0.29, 0.717) is 17.3 Å². The molecule has 0 aliphatic carbocycles. The summed E-state index contributed by atoms with van der Waals surface area (Å²) in [7, 11) is -4.23. The molecule has 7 nitrogen and oxygen atoms in total. The zero-order valence-electron chi connectivity index (χ0n) is 9.78. The van der Waals surface area contributed by atoms with Crippen molar-refractivity contribution in [3.63, 3.8) is 0 Å². The Kier molecular flexibility index (Phi) is 3.78. The lowest BCUT2D eigenvalue weighted by Crippen LogP contribution is -2.36. The molecular weight excluding hydrogens is 279 g/mol. The molecule has 0 saturated carbocycles. The van der Waals surface area contributed by atoms with Crippen molar-refractivity contribution in [2.24, 2.45) is 0 Å². The van der Waals surface area contributed by atoms with E-state index in [1.807, 2.05) is 0 Å². The summed E-state index contributed by atoms with van der Waals surface area (Å²) in [5.74, 6) is -1.19. The maximum Gasteiger partial charge on any atom is 0.324 e. The first-order valence-electron chi connectivity index (χ1n) is 5.53. The summed E-state index contributed by atoms with van der Waals surface area (Å²) in [5, 5.41) is 10.8. The highest BCUT2D eigenvalue weighted by molar-refractivity contribution is 7.89. The number of benzene rings is 1. The molecule has 2 rings (SSSR count). The van der Waals surface area contributed by atoms with Crippen molar-refractivity contribution in [1.29, 1.82) is 0 Å². The number of hydroxylamine groups is 1. The Hall–Kier alpha value is -1.58. The summed E-state index contributed by atoms with van der Waals surface area (Å²) in [6.45, 7) is 0.304. The van der Waals surface area contributed by atoms with Crippen LogP contribution >= 0.6 is 0 Å². The zero-order valence-corrected chi connectivity index (χ0v) is 10.6. The molecule has 1 fully saturated rings. The largest absolute Gasteiger partial charge is 0.324 e. The van der Waals surface area contributed by atoms with Gasteiger partial charge in [-0.1, -0.05) is 10.5 Å². The van der Waals surface area contributed by atoms with Gasteiger partial charge < -0.3 is 0 Å². The number of para-hydroxylation sites is 1. The van der Waals surface area contributed by atoms with E-state index in [9.17, 15) is 22.9 Å². The number of halogens is 1. The molecule has 0 bridgehead atoms. The smallest absolute Gasteiger partial charge is 0.284 e. The van der Waals surface area contributed by atoms with Crippen molar-refractivity contribution in [3.05, 3.63) is 34.1 Å². The van der Waals surface area contributed by atoms with Crippen LogP contribution in [0.4, 0.5) is 10.1 Å². The van der Waals surface area contributed by atoms with Crippen LogP contribution in [0.15, 0.2) is 23.1 Å². The standard InChI is InChI=1S/C10H11FN2O5S/c11-8-4-3-5-9(10(8)13(14)15)19(16,17)12-6-1-2-7-18-12/h3-5H,1-2,6-7H2. The van der Waals surface area contributed by atoms with E-state index in [1.165, 1.54) is 0 Å². The molecule has 0 unspecified atom stereocenters. The van der Waals surface area contributed by atoms with Gasteiger partial charge in [0.05, 0.1) is 11.5 Å². The predicted molar refractivity (Wildman–Crippen MR) is 62.1 cm³/mol. The lowest BCUT2D eigenvalue weighted by Gasteiger charge is -2.24. The summed E-state index contributed by atoms with van der Waals surface area (Å²) in [6, 6.07) is 2.95. The maximum absolute atomic E-state index is 13.4. The Bertz CT molecular complexity index is 598. The molecule has 9 heteroatoms. The van der Waals surface area contributed by atoms with Gasteiger partial charge in [-0.05, 0) is 25.0 Å². The minimum absolute atomic E-state index is 0.0933. The SMILES string of the molecule is O=[N+]([O-])c1c(F)cccc1S(=O)(=O)N1CCCCO1. The first kappa shape index (κ1) is 13.8. The van der Waals surface area contributed by atoms with Crippen LogP contribution in [0, 0.1) is 15.9 Å². The normalized spacial score (nSPS) is 17.3. The van der Waals surface area contributed by atoms with Gasteiger partial charge in [0.2, 0.25) is 5.82 Å². The number of nitrogens with zero attached hydrogens (tertiary/aromatic N) is 2.